The molecule has 0 spiro atoms. The average molecular weight is 577 g/mol. The second-order valence-corrected chi connectivity index (χ2v) is 8.51. The van der Waals surface area contributed by atoms with E-state index in [1.807, 2.05) is 24.3 Å². The number of aliphatic carboxylic acids is 2. The van der Waals surface area contributed by atoms with Crippen LogP contribution in [0.25, 0.3) is 0 Å². The van der Waals surface area contributed by atoms with Crippen LogP contribution in [0.2, 0.25) is 0 Å². The van der Waals surface area contributed by atoms with Gasteiger partial charge in [0.1, 0.15) is 5.75 Å². The van der Waals surface area contributed by atoms with Crippen LogP contribution in [0.15, 0.2) is 29.3 Å². The van der Waals surface area contributed by atoms with Crippen LogP contribution in [0.4, 0.5) is 32.0 Å². The Morgan fingerprint density at radius 3 is 1.79 bits per heavy atom. The third-order valence-electron chi connectivity index (χ3n) is 4.42. The van der Waals surface area contributed by atoms with E-state index in [4.69, 9.17) is 35.3 Å². The molecule has 39 heavy (non-hydrogen) atoms. The summed E-state index contributed by atoms with van der Waals surface area (Å²) in [5, 5.41) is 17.7. The zero-order valence-electron chi connectivity index (χ0n) is 22.6. The fourth-order valence-electron chi connectivity index (χ4n) is 2.41. The van der Waals surface area contributed by atoms with E-state index in [-0.39, 0.29) is 0 Å². The summed E-state index contributed by atoms with van der Waals surface area (Å²) < 4.78 is 69.3. The number of rotatable bonds is 10. The van der Waals surface area contributed by atoms with Crippen molar-refractivity contribution in [3.63, 3.8) is 0 Å². The normalized spacial score (nSPS) is 11.7. The lowest BCUT2D eigenvalue weighted by molar-refractivity contribution is -0.193. The molecule has 1 rings (SSSR count). The first kappa shape index (κ1) is 37.9. The van der Waals surface area contributed by atoms with E-state index >= 15 is 0 Å². The summed E-state index contributed by atoms with van der Waals surface area (Å²) in [7, 11) is 0. The zero-order chi connectivity index (χ0) is 30.8. The third kappa shape index (κ3) is 19.5. The molecule has 1 aromatic rings. The number of carboxylic acids is 2. The molecule has 0 radical (unpaired) electrons. The molecular weight excluding hydrogens is 538 g/mol. The molecule has 0 unspecified atom stereocenters. The largest absolute Gasteiger partial charge is 0.494 e. The zero-order valence-corrected chi connectivity index (χ0v) is 22.6. The van der Waals surface area contributed by atoms with Crippen molar-refractivity contribution in [1.82, 2.24) is 4.90 Å². The topological polar surface area (TPSA) is 137 Å². The summed E-state index contributed by atoms with van der Waals surface area (Å²) in [6.45, 7) is 14.0. The molecule has 1 aromatic carbocycles. The summed E-state index contributed by atoms with van der Waals surface area (Å²) in [5.41, 5.74) is 6.61. The molecule has 0 aliphatic heterocycles. The fourth-order valence-corrected chi connectivity index (χ4v) is 2.41. The number of nitrogens with zero attached hydrogens (tertiary/aromatic N) is 2. The lowest BCUT2D eigenvalue weighted by Crippen LogP contribution is -2.41. The van der Waals surface area contributed by atoms with Gasteiger partial charge in [-0.3, -0.25) is 4.99 Å². The summed E-state index contributed by atoms with van der Waals surface area (Å²) >= 11 is 0. The molecular formula is C24H38F6N4O5. The van der Waals surface area contributed by atoms with E-state index in [2.05, 4.69) is 44.8 Å². The van der Waals surface area contributed by atoms with Gasteiger partial charge in [0.05, 0.1) is 6.61 Å². The van der Waals surface area contributed by atoms with E-state index in [9.17, 15) is 26.3 Å². The van der Waals surface area contributed by atoms with E-state index < -0.39 is 24.3 Å². The van der Waals surface area contributed by atoms with Crippen LogP contribution >= 0.6 is 0 Å². The van der Waals surface area contributed by atoms with Crippen LogP contribution in [0, 0.1) is 5.92 Å². The number of carbonyl (C=O) groups is 2. The molecule has 0 saturated heterocycles. The summed E-state index contributed by atoms with van der Waals surface area (Å²) in [4.78, 5) is 24.8. The number of alkyl halides is 6. The smallest absolute Gasteiger partial charge is 0.490 e. The Hall–Kier alpha value is -3.23. The minimum Gasteiger partial charge on any atom is -0.494 e. The molecule has 0 fully saturated rings. The predicted molar refractivity (Wildman–Crippen MR) is 136 cm³/mol. The number of halogens is 6. The Morgan fingerprint density at radius 2 is 1.46 bits per heavy atom. The van der Waals surface area contributed by atoms with Crippen LogP contribution < -0.4 is 15.8 Å². The first-order chi connectivity index (χ1) is 17.9. The molecule has 9 nitrogen and oxygen atoms in total. The van der Waals surface area contributed by atoms with E-state index in [0.717, 1.165) is 49.9 Å². The maximum atomic E-state index is 10.6. The second kappa shape index (κ2) is 18.9. The molecule has 0 aliphatic carbocycles. The SMILES string of the molecule is CCN(C(=NCCCN)Nc1ccc(OCCC(C)C)cc1)C(C)C.O=C(O)C(F)(F)F.O=C(O)C(F)(F)F. The van der Waals surface area contributed by atoms with Crippen molar-refractivity contribution in [2.45, 2.75) is 65.9 Å². The number of benzene rings is 1. The second-order valence-electron chi connectivity index (χ2n) is 8.51. The number of aliphatic imine (C=N–C) groups is 1. The molecule has 0 aromatic heterocycles. The molecule has 5 N–H and O–H groups in total. The van der Waals surface area contributed by atoms with Crippen LogP contribution in [-0.4, -0.2) is 77.6 Å². The van der Waals surface area contributed by atoms with Gasteiger partial charge in [0, 0.05) is 24.8 Å². The lowest BCUT2D eigenvalue weighted by atomic mass is 10.1. The Bertz CT molecular complexity index is 836. The first-order valence-electron chi connectivity index (χ1n) is 12.0. The van der Waals surface area contributed by atoms with Crippen molar-refractivity contribution < 1.29 is 50.9 Å². The number of anilines is 1. The van der Waals surface area contributed by atoms with Crippen LogP contribution in [0.1, 0.15) is 47.5 Å². The van der Waals surface area contributed by atoms with Gasteiger partial charge >= 0.3 is 24.3 Å². The molecule has 0 amide bonds. The van der Waals surface area contributed by atoms with Gasteiger partial charge in [0.25, 0.3) is 0 Å². The number of hydrogen-bond donors (Lipinski definition) is 4. The average Bonchev–Trinajstić information content (AvgIpc) is 2.79. The van der Waals surface area contributed by atoms with Gasteiger partial charge in [-0.1, -0.05) is 13.8 Å². The molecule has 0 aliphatic rings. The molecule has 0 atom stereocenters. The molecule has 0 heterocycles. The number of nitrogens with one attached hydrogen (secondary N) is 1. The fraction of sp³-hybridized carbons (Fsp3) is 0.625. The highest BCUT2D eigenvalue weighted by Gasteiger charge is 2.38. The van der Waals surface area contributed by atoms with Gasteiger partial charge in [-0.05, 0) is 70.3 Å². The van der Waals surface area contributed by atoms with Crippen molar-refractivity contribution in [3.05, 3.63) is 24.3 Å². The summed E-state index contributed by atoms with van der Waals surface area (Å²) in [6.07, 6.45) is -8.21. The van der Waals surface area contributed by atoms with E-state index in [1.54, 1.807) is 0 Å². The van der Waals surface area contributed by atoms with Gasteiger partial charge in [-0.15, -0.1) is 0 Å². The highest BCUT2D eigenvalue weighted by Crippen LogP contribution is 2.18. The first-order valence-corrected chi connectivity index (χ1v) is 12.0. The monoisotopic (exact) mass is 576 g/mol. The Balaban J connectivity index is 0. The lowest BCUT2D eigenvalue weighted by Gasteiger charge is -2.29. The van der Waals surface area contributed by atoms with Gasteiger partial charge in [0.2, 0.25) is 0 Å². The molecule has 226 valence electrons. The minimum absolute atomic E-state index is 0.382. The number of hydrogen-bond acceptors (Lipinski definition) is 5. The Morgan fingerprint density at radius 1 is 1.00 bits per heavy atom. The van der Waals surface area contributed by atoms with Crippen molar-refractivity contribution >= 4 is 23.6 Å². The van der Waals surface area contributed by atoms with Crippen molar-refractivity contribution in [2.24, 2.45) is 16.6 Å². The molecule has 0 saturated carbocycles. The molecule has 15 heteroatoms. The quantitative estimate of drug-likeness (QED) is 0.129. The summed E-state index contributed by atoms with van der Waals surface area (Å²) in [5.74, 6) is -3.05. The Kier molecular flexibility index (Phi) is 18.4. The standard InChI is InChI=1S/C20H36N4O.2C2HF3O2/c1-6-24(17(4)5)20(22-14-7-13-21)23-18-8-10-19(11-9-18)25-15-12-16(2)3;2*3-2(4,5)1(6)7/h8-11,16-17H,6-7,12-15,21H2,1-5H3,(H,22,23);2*(H,6,7). The highest BCUT2D eigenvalue weighted by molar-refractivity contribution is 5.93. The maximum Gasteiger partial charge on any atom is 0.490 e. The van der Waals surface area contributed by atoms with Crippen molar-refractivity contribution in [3.8, 4) is 5.75 Å². The van der Waals surface area contributed by atoms with Crippen molar-refractivity contribution in [2.75, 3.05) is 31.6 Å². The van der Waals surface area contributed by atoms with Crippen molar-refractivity contribution in [1.29, 1.82) is 0 Å². The van der Waals surface area contributed by atoms with Gasteiger partial charge in [-0.25, -0.2) is 9.59 Å². The van der Waals surface area contributed by atoms with E-state index in [0.29, 0.717) is 18.5 Å². The number of nitrogens with two attached hydrogens (primary N) is 1. The van der Waals surface area contributed by atoms with Crippen LogP contribution in [0.5, 0.6) is 5.75 Å². The number of guanidine groups is 1. The number of carboxylic acid groups (broad SMARTS) is 2. The van der Waals surface area contributed by atoms with Gasteiger partial charge < -0.3 is 30.9 Å². The van der Waals surface area contributed by atoms with Gasteiger partial charge in [-0.2, -0.15) is 26.3 Å². The van der Waals surface area contributed by atoms with Crippen LogP contribution in [-0.2, 0) is 9.59 Å². The minimum atomic E-state index is -5.08. The Labute approximate surface area is 224 Å². The third-order valence-corrected chi connectivity index (χ3v) is 4.42. The maximum absolute atomic E-state index is 10.6. The highest BCUT2D eigenvalue weighted by atomic mass is 19.4. The van der Waals surface area contributed by atoms with Gasteiger partial charge in [0.15, 0.2) is 5.96 Å². The number of ether oxygens (including phenoxy) is 1. The summed E-state index contributed by atoms with van der Waals surface area (Å²) in [6, 6.07) is 8.47. The van der Waals surface area contributed by atoms with Crippen LogP contribution in [0.3, 0.4) is 0 Å². The predicted octanol–water partition coefficient (Wildman–Crippen LogP) is 5.23. The molecule has 0 bridgehead atoms. The van der Waals surface area contributed by atoms with E-state index in [1.165, 1.54) is 0 Å².